The van der Waals surface area contributed by atoms with E-state index < -0.39 is 24.0 Å². The second-order valence-electron chi connectivity index (χ2n) is 17.2. The fourth-order valence-electron chi connectivity index (χ4n) is 9.79. The Kier molecular flexibility index (Phi) is 16.3. The van der Waals surface area contributed by atoms with Crippen molar-refractivity contribution in [3.05, 3.63) is 88.8 Å². The molecule has 59 heavy (non-hydrogen) atoms. The number of carbonyl (C=O) groups is 2. The third-order valence-electron chi connectivity index (χ3n) is 13.2. The molecule has 0 radical (unpaired) electrons. The molecule has 9 atom stereocenters. The number of nitrogens with one attached hydrogen (secondary N) is 2. The lowest BCUT2D eigenvalue weighted by atomic mass is 9.70. The Labute approximate surface area is 350 Å². The SMILES string of the molecule is COc1cc2c(cc1O)C(CCC(O)CC(C=Cc1ccccc1)C1=CCNC(N)=C1)C#CC(C(O)CCCC(CCCO)C1CNC3CC(=O)CCC3C1)C(=O)CC2. The highest BCUT2D eigenvalue weighted by Crippen LogP contribution is 2.39. The van der Waals surface area contributed by atoms with Crippen LogP contribution in [0.25, 0.3) is 6.08 Å². The summed E-state index contributed by atoms with van der Waals surface area (Å²) in [5, 5.41) is 50.6. The maximum absolute atomic E-state index is 13.8. The number of dihydropyridines is 1. The Bertz CT molecular complexity index is 1880. The molecule has 2 fully saturated rings. The number of benzene rings is 2. The van der Waals surface area contributed by atoms with Crippen LogP contribution in [0.5, 0.6) is 11.5 Å². The van der Waals surface area contributed by atoms with Crippen LogP contribution in [0.15, 0.2) is 72.1 Å². The number of aromatic hydroxyl groups is 1. The van der Waals surface area contributed by atoms with Gasteiger partial charge in [0, 0.05) is 50.3 Å². The molecule has 8 N–H and O–H groups in total. The van der Waals surface area contributed by atoms with Crippen LogP contribution >= 0.6 is 0 Å². The minimum absolute atomic E-state index is 0.00879. The molecule has 318 valence electrons. The van der Waals surface area contributed by atoms with Crippen molar-refractivity contribution in [2.75, 3.05) is 26.8 Å². The molecule has 10 heteroatoms. The highest BCUT2D eigenvalue weighted by atomic mass is 16.5. The molecule has 9 unspecified atom stereocenters. The predicted octanol–water partition coefficient (Wildman–Crippen LogP) is 6.08. The van der Waals surface area contributed by atoms with Crippen LogP contribution in [0.4, 0.5) is 0 Å². The predicted molar refractivity (Wildman–Crippen MR) is 231 cm³/mol. The molecule has 2 heterocycles. The van der Waals surface area contributed by atoms with E-state index in [1.54, 1.807) is 12.1 Å². The van der Waals surface area contributed by atoms with Crippen LogP contribution in [0.3, 0.4) is 0 Å². The first-order chi connectivity index (χ1) is 28.6. The molecule has 6 rings (SSSR count). The number of allylic oxidation sites excluding steroid dienone is 3. The number of nitrogens with two attached hydrogens (primary N) is 1. The largest absolute Gasteiger partial charge is 0.504 e. The zero-order valence-corrected chi connectivity index (χ0v) is 34.7. The van der Waals surface area contributed by atoms with Crippen LogP contribution in [0.1, 0.15) is 106 Å². The summed E-state index contributed by atoms with van der Waals surface area (Å²) in [6.07, 6.45) is 15.6. The number of piperidine rings is 1. The van der Waals surface area contributed by atoms with Crippen molar-refractivity contribution in [1.82, 2.24) is 10.6 Å². The van der Waals surface area contributed by atoms with Gasteiger partial charge in [0.15, 0.2) is 17.3 Å². The lowest BCUT2D eigenvalue weighted by Gasteiger charge is -2.42. The highest BCUT2D eigenvalue weighted by molar-refractivity contribution is 5.85. The summed E-state index contributed by atoms with van der Waals surface area (Å²) in [4.78, 5) is 25.9. The van der Waals surface area contributed by atoms with Crippen molar-refractivity contribution in [2.45, 2.75) is 114 Å². The smallest absolute Gasteiger partial charge is 0.160 e. The van der Waals surface area contributed by atoms with Crippen molar-refractivity contribution in [2.24, 2.45) is 35.3 Å². The van der Waals surface area contributed by atoms with E-state index in [4.69, 9.17) is 10.5 Å². The summed E-state index contributed by atoms with van der Waals surface area (Å²) in [6, 6.07) is 13.8. The van der Waals surface area contributed by atoms with Crippen LogP contribution < -0.4 is 21.1 Å². The number of hydrogen-bond acceptors (Lipinski definition) is 10. The van der Waals surface area contributed by atoms with Gasteiger partial charge in [0.1, 0.15) is 11.7 Å². The number of hydrogen-bond donors (Lipinski definition) is 7. The van der Waals surface area contributed by atoms with Gasteiger partial charge in [0.05, 0.1) is 25.1 Å². The van der Waals surface area contributed by atoms with E-state index >= 15 is 0 Å². The van der Waals surface area contributed by atoms with Crippen molar-refractivity contribution in [3.8, 4) is 23.3 Å². The molecule has 0 bridgehead atoms. The van der Waals surface area contributed by atoms with Gasteiger partial charge in [-0.1, -0.05) is 73.2 Å². The molecule has 1 saturated heterocycles. The average molecular weight is 808 g/mol. The van der Waals surface area contributed by atoms with Gasteiger partial charge >= 0.3 is 0 Å². The summed E-state index contributed by atoms with van der Waals surface area (Å²) in [5.74, 6) is 7.73. The van der Waals surface area contributed by atoms with Gasteiger partial charge in [-0.25, -0.2) is 0 Å². The molecular formula is C49H65N3O7. The minimum Gasteiger partial charge on any atom is -0.504 e. The van der Waals surface area contributed by atoms with Gasteiger partial charge in [-0.05, 0) is 123 Å². The van der Waals surface area contributed by atoms with E-state index in [1.807, 2.05) is 36.4 Å². The number of ether oxygens (including phenoxy) is 1. The maximum Gasteiger partial charge on any atom is 0.160 e. The van der Waals surface area contributed by atoms with Crippen LogP contribution in [0, 0.1) is 41.4 Å². The standard InChI is InChI=1S/C49H65N3O7/c1-59-48-27-37-17-21-46(57)42(45(56)11-5-9-33(10-6-24-53)39-25-38-15-19-41(55)29-44(38)52-31-39)20-16-34(43(37)30-47(48)58)14-18-40(54)26-35(36-22-23-51-49(50)28-36)13-12-32-7-3-2-4-8-32/h2-4,7-8,12-13,22,27-28,30,33-35,38-40,42,44-45,51-54,56,58H,5-6,9-11,14-15,17-19,21,23-26,29,31,50H2,1H3. The molecule has 2 aromatic carbocycles. The van der Waals surface area contributed by atoms with E-state index in [0.717, 1.165) is 67.3 Å². The van der Waals surface area contributed by atoms with Crippen LogP contribution in [-0.4, -0.2) is 77.0 Å². The Morgan fingerprint density at radius 3 is 2.61 bits per heavy atom. The monoisotopic (exact) mass is 807 g/mol. The Morgan fingerprint density at radius 2 is 1.83 bits per heavy atom. The van der Waals surface area contributed by atoms with Gasteiger partial charge in [0.25, 0.3) is 0 Å². The van der Waals surface area contributed by atoms with Crippen molar-refractivity contribution < 1.29 is 34.8 Å². The topological polar surface area (TPSA) is 174 Å². The number of aryl methyl sites for hydroxylation is 1. The number of phenols is 1. The number of methoxy groups -OCH3 is 1. The summed E-state index contributed by atoms with van der Waals surface area (Å²) in [5.41, 5.74) is 9.92. The van der Waals surface area contributed by atoms with Gasteiger partial charge in [-0.3, -0.25) is 9.59 Å². The number of aliphatic hydroxyl groups is 3. The number of fused-ring (bicyclic) bond motifs is 2. The molecule has 0 aromatic heterocycles. The molecule has 2 aromatic rings. The fraction of sp³-hybridized carbons (Fsp3) is 0.551. The normalized spacial score (nSPS) is 25.3. The zero-order chi connectivity index (χ0) is 41.7. The van der Waals surface area contributed by atoms with Crippen molar-refractivity contribution in [3.63, 3.8) is 0 Å². The molecule has 0 spiro atoms. The van der Waals surface area contributed by atoms with Crippen LogP contribution in [0.2, 0.25) is 0 Å². The lowest BCUT2D eigenvalue weighted by Crippen LogP contribution is -2.50. The molecule has 0 amide bonds. The molecule has 4 aliphatic rings. The molecule has 2 aliphatic heterocycles. The minimum atomic E-state index is -0.932. The number of aliphatic hydroxyl groups excluding tert-OH is 3. The second kappa shape index (κ2) is 21.7. The van der Waals surface area contributed by atoms with Crippen molar-refractivity contribution >= 4 is 17.6 Å². The van der Waals surface area contributed by atoms with Gasteiger partial charge in [-0.2, -0.15) is 0 Å². The third kappa shape index (κ3) is 12.3. The van der Waals surface area contributed by atoms with E-state index in [9.17, 15) is 30.0 Å². The molecular weight excluding hydrogens is 743 g/mol. The lowest BCUT2D eigenvalue weighted by molar-refractivity contribution is -0.124. The van der Waals surface area contributed by atoms with E-state index in [1.165, 1.54) is 7.11 Å². The van der Waals surface area contributed by atoms with E-state index in [-0.39, 0.29) is 36.5 Å². The van der Waals surface area contributed by atoms with Gasteiger partial charge in [-0.15, -0.1) is 0 Å². The molecule has 2 aliphatic carbocycles. The van der Waals surface area contributed by atoms with Crippen LogP contribution in [-0.2, 0) is 16.0 Å². The number of carbonyl (C=O) groups excluding carboxylic acids is 2. The zero-order valence-electron chi connectivity index (χ0n) is 34.7. The number of phenolic OH excluding ortho intramolecular Hbond substituents is 1. The Hall–Kier alpha value is -4.40. The first-order valence-electron chi connectivity index (χ1n) is 21.9. The molecule has 10 nitrogen and oxygen atoms in total. The van der Waals surface area contributed by atoms with E-state index in [0.29, 0.717) is 86.6 Å². The first kappa shape index (κ1) is 44.2. The quantitative estimate of drug-likeness (QED) is 0.0876. The number of rotatable bonds is 18. The Morgan fingerprint density at radius 1 is 1.02 bits per heavy atom. The second-order valence-corrected chi connectivity index (χ2v) is 17.2. The summed E-state index contributed by atoms with van der Waals surface area (Å²) in [7, 11) is 1.50. The van der Waals surface area contributed by atoms with Crippen molar-refractivity contribution in [1.29, 1.82) is 0 Å². The average Bonchev–Trinajstić information content (AvgIpc) is 3.30. The summed E-state index contributed by atoms with van der Waals surface area (Å²) >= 11 is 0. The summed E-state index contributed by atoms with van der Waals surface area (Å²) in [6.45, 7) is 1.62. The maximum atomic E-state index is 13.8. The summed E-state index contributed by atoms with van der Waals surface area (Å²) < 4.78 is 5.45. The molecule has 1 saturated carbocycles. The van der Waals surface area contributed by atoms with E-state index in [2.05, 4.69) is 40.7 Å². The third-order valence-corrected chi connectivity index (χ3v) is 13.2. The first-order valence-corrected chi connectivity index (χ1v) is 21.9. The fourth-order valence-corrected chi connectivity index (χ4v) is 9.79. The number of ketones is 2. The highest BCUT2D eigenvalue weighted by Gasteiger charge is 2.37. The Balaban J connectivity index is 1.15. The van der Waals surface area contributed by atoms with Gasteiger partial charge < -0.3 is 41.5 Å². The number of Topliss-reactive ketones (excluding diaryl/α,β-unsaturated/α-hetero) is 2. The van der Waals surface area contributed by atoms with Gasteiger partial charge in [0.2, 0.25) is 0 Å².